The summed E-state index contributed by atoms with van der Waals surface area (Å²) in [7, 11) is 3.94. The van der Waals surface area contributed by atoms with Crippen molar-refractivity contribution in [3.05, 3.63) is 0 Å². The van der Waals surface area contributed by atoms with Crippen LogP contribution in [-0.2, 0) is 4.74 Å². The van der Waals surface area contributed by atoms with Gasteiger partial charge in [0.25, 0.3) is 0 Å². The van der Waals surface area contributed by atoms with E-state index in [0.717, 1.165) is 19.2 Å². The number of hydrogen-bond donors (Lipinski definition) is 1. The van der Waals surface area contributed by atoms with E-state index in [1.807, 2.05) is 0 Å². The highest BCUT2D eigenvalue weighted by molar-refractivity contribution is 5.85. The first-order chi connectivity index (χ1) is 6.24. The maximum Gasteiger partial charge on any atom is 0.0589 e. The van der Waals surface area contributed by atoms with E-state index in [1.54, 1.807) is 7.11 Å². The summed E-state index contributed by atoms with van der Waals surface area (Å²) in [4.78, 5) is 2.40. The van der Waals surface area contributed by atoms with Gasteiger partial charge < -0.3 is 15.4 Å². The second-order valence-electron chi connectivity index (χ2n) is 4.04. The van der Waals surface area contributed by atoms with Crippen LogP contribution in [0.5, 0.6) is 0 Å². The third kappa shape index (κ3) is 4.60. The lowest BCUT2D eigenvalue weighted by molar-refractivity contribution is 0.120. The summed E-state index contributed by atoms with van der Waals surface area (Å²) >= 11 is 0. The Labute approximate surface area is 93.4 Å². The lowest BCUT2D eigenvalue weighted by Crippen LogP contribution is -2.40. The highest BCUT2D eigenvalue weighted by Crippen LogP contribution is 2.20. The van der Waals surface area contributed by atoms with Crippen molar-refractivity contribution >= 4 is 12.4 Å². The van der Waals surface area contributed by atoms with E-state index in [1.165, 1.54) is 25.7 Å². The standard InChI is InChI=1S/C10H22N2O.ClH/c1-12(7-8-13-2)10-5-3-9(11)4-6-10;/h9-10H,3-8,11H2,1-2H3;1H. The van der Waals surface area contributed by atoms with Gasteiger partial charge in [-0.05, 0) is 32.7 Å². The first-order valence-corrected chi connectivity index (χ1v) is 5.18. The molecule has 1 aliphatic carbocycles. The van der Waals surface area contributed by atoms with Crippen molar-refractivity contribution in [1.29, 1.82) is 0 Å². The summed E-state index contributed by atoms with van der Waals surface area (Å²) in [5, 5.41) is 0. The molecule has 0 unspecified atom stereocenters. The molecule has 0 bridgehead atoms. The molecule has 0 heterocycles. The highest BCUT2D eigenvalue weighted by atomic mass is 35.5. The molecular weight excluding hydrogens is 200 g/mol. The fraction of sp³-hybridized carbons (Fsp3) is 1.00. The Balaban J connectivity index is 0.00000169. The second kappa shape index (κ2) is 7.46. The summed E-state index contributed by atoms with van der Waals surface area (Å²) in [6.45, 7) is 1.87. The van der Waals surface area contributed by atoms with Gasteiger partial charge in [0.05, 0.1) is 6.61 Å². The van der Waals surface area contributed by atoms with Gasteiger partial charge in [-0.3, -0.25) is 0 Å². The smallest absolute Gasteiger partial charge is 0.0589 e. The zero-order valence-corrected chi connectivity index (χ0v) is 10.1. The van der Waals surface area contributed by atoms with Crippen LogP contribution >= 0.6 is 12.4 Å². The molecule has 14 heavy (non-hydrogen) atoms. The van der Waals surface area contributed by atoms with Crippen LogP contribution in [0.25, 0.3) is 0 Å². The van der Waals surface area contributed by atoms with E-state index in [-0.39, 0.29) is 12.4 Å². The van der Waals surface area contributed by atoms with Gasteiger partial charge in [-0.2, -0.15) is 0 Å². The quantitative estimate of drug-likeness (QED) is 0.779. The first-order valence-electron chi connectivity index (χ1n) is 5.18. The van der Waals surface area contributed by atoms with Crippen LogP contribution in [0, 0.1) is 0 Å². The van der Waals surface area contributed by atoms with Crippen molar-refractivity contribution in [2.24, 2.45) is 5.73 Å². The molecule has 0 atom stereocenters. The lowest BCUT2D eigenvalue weighted by Gasteiger charge is -2.33. The number of nitrogens with two attached hydrogens (primary N) is 1. The molecule has 0 aromatic carbocycles. The molecule has 0 saturated heterocycles. The molecule has 2 N–H and O–H groups in total. The zero-order valence-electron chi connectivity index (χ0n) is 9.24. The van der Waals surface area contributed by atoms with Gasteiger partial charge in [-0.1, -0.05) is 0 Å². The third-order valence-electron chi connectivity index (χ3n) is 3.01. The fourth-order valence-corrected chi connectivity index (χ4v) is 1.96. The molecule has 3 nitrogen and oxygen atoms in total. The monoisotopic (exact) mass is 222 g/mol. The molecule has 1 saturated carbocycles. The Hall–Kier alpha value is 0.170. The molecule has 0 aromatic rings. The van der Waals surface area contributed by atoms with Crippen molar-refractivity contribution in [3.63, 3.8) is 0 Å². The van der Waals surface area contributed by atoms with E-state index in [0.29, 0.717) is 6.04 Å². The van der Waals surface area contributed by atoms with Crippen molar-refractivity contribution in [1.82, 2.24) is 4.90 Å². The number of nitrogens with zero attached hydrogens (tertiary/aromatic N) is 1. The number of ether oxygens (including phenoxy) is 1. The maximum atomic E-state index is 5.85. The number of halogens is 1. The summed E-state index contributed by atoms with van der Waals surface area (Å²) in [6.07, 6.45) is 4.87. The molecule has 1 rings (SSSR count). The SMILES string of the molecule is COCCN(C)C1CCC(N)CC1.Cl. The number of likely N-dealkylation sites (N-methyl/N-ethyl adjacent to an activating group) is 1. The van der Waals surface area contributed by atoms with Crippen LogP contribution in [0.2, 0.25) is 0 Å². The molecule has 0 aromatic heterocycles. The van der Waals surface area contributed by atoms with Gasteiger partial charge in [0.1, 0.15) is 0 Å². The molecule has 0 amide bonds. The minimum atomic E-state index is 0. The van der Waals surface area contributed by atoms with Crippen molar-refractivity contribution in [3.8, 4) is 0 Å². The van der Waals surface area contributed by atoms with Gasteiger partial charge in [0.2, 0.25) is 0 Å². The Morgan fingerprint density at radius 1 is 1.29 bits per heavy atom. The number of hydrogen-bond acceptors (Lipinski definition) is 3. The van der Waals surface area contributed by atoms with Crippen molar-refractivity contribution < 1.29 is 4.74 Å². The Kier molecular flexibility index (Phi) is 7.55. The second-order valence-corrected chi connectivity index (χ2v) is 4.04. The minimum absolute atomic E-state index is 0. The van der Waals surface area contributed by atoms with Gasteiger partial charge >= 0.3 is 0 Å². The van der Waals surface area contributed by atoms with E-state index in [4.69, 9.17) is 10.5 Å². The molecule has 1 fully saturated rings. The first kappa shape index (κ1) is 14.2. The number of rotatable bonds is 4. The van der Waals surface area contributed by atoms with Crippen LogP contribution in [0.1, 0.15) is 25.7 Å². The van der Waals surface area contributed by atoms with E-state index < -0.39 is 0 Å². The van der Waals surface area contributed by atoms with Crippen LogP contribution < -0.4 is 5.73 Å². The maximum absolute atomic E-state index is 5.85. The third-order valence-corrected chi connectivity index (χ3v) is 3.01. The zero-order chi connectivity index (χ0) is 9.68. The summed E-state index contributed by atoms with van der Waals surface area (Å²) in [6, 6.07) is 1.18. The average molecular weight is 223 g/mol. The van der Waals surface area contributed by atoms with Gasteiger partial charge in [0.15, 0.2) is 0 Å². The van der Waals surface area contributed by atoms with Crippen molar-refractivity contribution in [2.75, 3.05) is 27.3 Å². The van der Waals surface area contributed by atoms with Crippen LogP contribution in [0.15, 0.2) is 0 Å². The number of methoxy groups -OCH3 is 1. The summed E-state index contributed by atoms with van der Waals surface area (Å²) < 4.78 is 5.06. The molecule has 0 spiro atoms. The minimum Gasteiger partial charge on any atom is -0.383 e. The lowest BCUT2D eigenvalue weighted by atomic mass is 9.91. The molecule has 0 radical (unpaired) electrons. The van der Waals surface area contributed by atoms with Crippen LogP contribution in [-0.4, -0.2) is 44.3 Å². The summed E-state index contributed by atoms with van der Waals surface area (Å²) in [5.41, 5.74) is 5.85. The molecule has 1 aliphatic rings. The van der Waals surface area contributed by atoms with Crippen molar-refractivity contribution in [2.45, 2.75) is 37.8 Å². The fourth-order valence-electron chi connectivity index (χ4n) is 1.96. The van der Waals surface area contributed by atoms with Gasteiger partial charge in [-0.25, -0.2) is 0 Å². The van der Waals surface area contributed by atoms with Crippen LogP contribution in [0.3, 0.4) is 0 Å². The normalized spacial score (nSPS) is 27.4. The average Bonchev–Trinajstić information content (AvgIpc) is 2.15. The largest absolute Gasteiger partial charge is 0.383 e. The van der Waals surface area contributed by atoms with Crippen LogP contribution in [0.4, 0.5) is 0 Å². The topological polar surface area (TPSA) is 38.5 Å². The van der Waals surface area contributed by atoms with Gasteiger partial charge in [0, 0.05) is 25.7 Å². The Bertz CT molecular complexity index is 138. The van der Waals surface area contributed by atoms with Gasteiger partial charge in [-0.15, -0.1) is 12.4 Å². The van der Waals surface area contributed by atoms with E-state index >= 15 is 0 Å². The Morgan fingerprint density at radius 3 is 2.36 bits per heavy atom. The van der Waals surface area contributed by atoms with E-state index in [2.05, 4.69) is 11.9 Å². The summed E-state index contributed by atoms with van der Waals surface area (Å²) in [5.74, 6) is 0. The molecule has 4 heteroatoms. The predicted molar refractivity (Wildman–Crippen MR) is 62.0 cm³/mol. The molecule has 86 valence electrons. The molecular formula is C10H23ClN2O. The highest BCUT2D eigenvalue weighted by Gasteiger charge is 2.21. The predicted octanol–water partition coefficient (Wildman–Crippen LogP) is 1.26. The van der Waals surface area contributed by atoms with E-state index in [9.17, 15) is 0 Å². The molecule has 0 aliphatic heterocycles. The Morgan fingerprint density at radius 2 is 1.86 bits per heavy atom.